The zero-order valence-corrected chi connectivity index (χ0v) is 16.2. The lowest BCUT2D eigenvalue weighted by Crippen LogP contribution is -2.47. The van der Waals surface area contributed by atoms with E-state index in [4.69, 9.17) is 0 Å². The lowest BCUT2D eigenvalue weighted by molar-refractivity contribution is -0.131. The highest BCUT2D eigenvalue weighted by Crippen LogP contribution is 2.19. The molecule has 1 aliphatic heterocycles. The highest BCUT2D eigenvalue weighted by Gasteiger charge is 2.27. The first-order valence-electron chi connectivity index (χ1n) is 8.86. The molecule has 25 heavy (non-hydrogen) atoms. The molecule has 1 fully saturated rings. The van der Waals surface area contributed by atoms with E-state index in [2.05, 4.69) is 5.32 Å². The summed E-state index contributed by atoms with van der Waals surface area (Å²) in [4.78, 5) is 14.5. The van der Waals surface area contributed by atoms with Crippen molar-refractivity contribution < 1.29 is 13.2 Å². The van der Waals surface area contributed by atoms with E-state index in [9.17, 15) is 13.2 Å². The molecule has 1 amide bonds. The molecule has 0 unspecified atom stereocenters. The van der Waals surface area contributed by atoms with Gasteiger partial charge in [-0.1, -0.05) is 26.0 Å². The third-order valence-corrected chi connectivity index (χ3v) is 6.10. The standard InChI is InChI=1S/C18H29N3O3S/c1-15(2)14-21(10-7-18(22)20-11-8-19-9-12-20)25(23,24)17-6-4-5-16(3)13-17/h4-6,13,15,19H,7-12,14H2,1-3H3. The summed E-state index contributed by atoms with van der Waals surface area (Å²) in [7, 11) is -3.59. The van der Waals surface area contributed by atoms with Crippen LogP contribution in [0.1, 0.15) is 25.8 Å². The molecule has 0 aromatic heterocycles. The quantitative estimate of drug-likeness (QED) is 0.792. The zero-order valence-electron chi connectivity index (χ0n) is 15.4. The number of aryl methyl sites for hydroxylation is 1. The van der Waals surface area contributed by atoms with Crippen molar-refractivity contribution in [2.24, 2.45) is 5.92 Å². The molecule has 1 aromatic rings. The lowest BCUT2D eigenvalue weighted by atomic mass is 10.2. The third-order valence-electron chi connectivity index (χ3n) is 4.24. The van der Waals surface area contributed by atoms with Crippen LogP contribution in [-0.2, 0) is 14.8 Å². The van der Waals surface area contributed by atoms with Gasteiger partial charge in [-0.05, 0) is 30.5 Å². The maximum absolute atomic E-state index is 13.0. The van der Waals surface area contributed by atoms with E-state index in [1.807, 2.05) is 31.7 Å². The number of sulfonamides is 1. The smallest absolute Gasteiger partial charge is 0.243 e. The van der Waals surface area contributed by atoms with Gasteiger partial charge in [0.1, 0.15) is 0 Å². The first-order valence-corrected chi connectivity index (χ1v) is 10.3. The van der Waals surface area contributed by atoms with E-state index >= 15 is 0 Å². The van der Waals surface area contributed by atoms with Gasteiger partial charge in [0.05, 0.1) is 4.90 Å². The first-order chi connectivity index (χ1) is 11.8. The van der Waals surface area contributed by atoms with Gasteiger partial charge in [-0.3, -0.25) is 4.79 Å². The van der Waals surface area contributed by atoms with Crippen LogP contribution in [0.3, 0.4) is 0 Å². The molecule has 0 spiro atoms. The fourth-order valence-corrected chi connectivity index (χ4v) is 4.64. The Balaban J connectivity index is 2.11. The molecule has 2 rings (SSSR count). The van der Waals surface area contributed by atoms with Gasteiger partial charge in [0.2, 0.25) is 15.9 Å². The molecular formula is C18H29N3O3S. The first kappa shape index (κ1) is 19.9. The Morgan fingerprint density at radius 2 is 1.96 bits per heavy atom. The Morgan fingerprint density at radius 3 is 2.56 bits per heavy atom. The summed E-state index contributed by atoms with van der Waals surface area (Å²) in [6, 6.07) is 6.93. The van der Waals surface area contributed by atoms with Crippen molar-refractivity contribution >= 4 is 15.9 Å². The average Bonchev–Trinajstić information content (AvgIpc) is 2.58. The van der Waals surface area contributed by atoms with Gasteiger partial charge < -0.3 is 10.2 Å². The maximum Gasteiger partial charge on any atom is 0.243 e. The van der Waals surface area contributed by atoms with Gasteiger partial charge in [0.25, 0.3) is 0 Å². The number of rotatable bonds is 7. The summed E-state index contributed by atoms with van der Waals surface area (Å²) >= 11 is 0. The number of carbonyl (C=O) groups excluding carboxylic acids is 1. The van der Waals surface area contributed by atoms with Gasteiger partial charge in [-0.15, -0.1) is 0 Å². The number of carbonyl (C=O) groups is 1. The van der Waals surface area contributed by atoms with E-state index in [1.54, 1.807) is 18.2 Å². The van der Waals surface area contributed by atoms with Crippen LogP contribution in [0.2, 0.25) is 0 Å². The lowest BCUT2D eigenvalue weighted by Gasteiger charge is -2.29. The van der Waals surface area contributed by atoms with Crippen LogP contribution in [-0.4, -0.2) is 62.8 Å². The molecule has 7 heteroatoms. The van der Waals surface area contributed by atoms with Crippen LogP contribution in [0.15, 0.2) is 29.2 Å². The molecule has 1 aliphatic rings. The predicted molar refractivity (Wildman–Crippen MR) is 98.8 cm³/mol. The molecule has 0 aliphatic carbocycles. The number of hydrogen-bond acceptors (Lipinski definition) is 4. The minimum atomic E-state index is -3.59. The molecule has 1 saturated heterocycles. The molecular weight excluding hydrogens is 338 g/mol. The second kappa shape index (κ2) is 8.78. The number of nitrogens with one attached hydrogen (secondary N) is 1. The Labute approximate surface area is 151 Å². The monoisotopic (exact) mass is 367 g/mol. The minimum absolute atomic E-state index is 0.0229. The summed E-state index contributed by atoms with van der Waals surface area (Å²) < 4.78 is 27.5. The van der Waals surface area contributed by atoms with Crippen molar-refractivity contribution in [1.82, 2.24) is 14.5 Å². The normalized spacial score (nSPS) is 15.8. The van der Waals surface area contributed by atoms with Crippen molar-refractivity contribution in [2.45, 2.75) is 32.1 Å². The van der Waals surface area contributed by atoms with Gasteiger partial charge in [0, 0.05) is 45.7 Å². The minimum Gasteiger partial charge on any atom is -0.340 e. The molecule has 6 nitrogen and oxygen atoms in total. The third kappa shape index (κ3) is 5.52. The molecule has 1 N–H and O–H groups in total. The van der Waals surface area contributed by atoms with Gasteiger partial charge in [-0.2, -0.15) is 4.31 Å². The number of benzene rings is 1. The SMILES string of the molecule is Cc1cccc(S(=O)(=O)N(CCC(=O)N2CCNCC2)CC(C)C)c1. The fraction of sp³-hybridized carbons (Fsp3) is 0.611. The molecule has 1 aromatic carbocycles. The Bertz CT molecular complexity index is 683. The second-order valence-corrected chi connectivity index (χ2v) is 8.89. The molecule has 1 heterocycles. The van der Waals surface area contributed by atoms with Crippen molar-refractivity contribution in [2.75, 3.05) is 39.3 Å². The summed E-state index contributed by atoms with van der Waals surface area (Å²) in [5.74, 6) is 0.212. The molecule has 140 valence electrons. The number of piperazine rings is 1. The highest BCUT2D eigenvalue weighted by atomic mass is 32.2. The number of amides is 1. The van der Waals surface area contributed by atoms with E-state index in [0.717, 1.165) is 18.7 Å². The van der Waals surface area contributed by atoms with E-state index in [0.29, 0.717) is 24.5 Å². The van der Waals surface area contributed by atoms with Crippen molar-refractivity contribution in [3.8, 4) is 0 Å². The summed E-state index contributed by atoms with van der Waals surface area (Å²) in [5, 5.41) is 3.21. The topological polar surface area (TPSA) is 69.7 Å². The van der Waals surface area contributed by atoms with E-state index in [1.165, 1.54) is 4.31 Å². The van der Waals surface area contributed by atoms with Gasteiger partial charge >= 0.3 is 0 Å². The van der Waals surface area contributed by atoms with Crippen LogP contribution >= 0.6 is 0 Å². The molecule has 0 atom stereocenters. The van der Waals surface area contributed by atoms with Crippen molar-refractivity contribution in [1.29, 1.82) is 0 Å². The molecule has 0 saturated carbocycles. The number of hydrogen-bond donors (Lipinski definition) is 1. The Hall–Kier alpha value is -1.44. The van der Waals surface area contributed by atoms with Crippen molar-refractivity contribution in [3.63, 3.8) is 0 Å². The summed E-state index contributed by atoms with van der Waals surface area (Å²) in [5.41, 5.74) is 0.905. The number of nitrogens with zero attached hydrogens (tertiary/aromatic N) is 2. The van der Waals surface area contributed by atoms with Gasteiger partial charge in [-0.25, -0.2) is 8.42 Å². The van der Waals surface area contributed by atoms with Crippen LogP contribution in [0.25, 0.3) is 0 Å². The van der Waals surface area contributed by atoms with E-state index < -0.39 is 10.0 Å². The molecule has 0 bridgehead atoms. The van der Waals surface area contributed by atoms with Crippen LogP contribution in [0.5, 0.6) is 0 Å². The van der Waals surface area contributed by atoms with Gasteiger partial charge in [0.15, 0.2) is 0 Å². The average molecular weight is 368 g/mol. The highest BCUT2D eigenvalue weighted by molar-refractivity contribution is 7.89. The largest absolute Gasteiger partial charge is 0.340 e. The summed E-state index contributed by atoms with van der Waals surface area (Å²) in [6.45, 7) is 9.43. The fourth-order valence-electron chi connectivity index (χ4n) is 2.93. The zero-order chi connectivity index (χ0) is 18.4. The van der Waals surface area contributed by atoms with Crippen molar-refractivity contribution in [3.05, 3.63) is 29.8 Å². The molecule has 0 radical (unpaired) electrons. The van der Waals surface area contributed by atoms with Crippen LogP contribution in [0, 0.1) is 12.8 Å². The predicted octanol–water partition coefficient (Wildman–Crippen LogP) is 1.46. The van der Waals surface area contributed by atoms with Crippen LogP contribution in [0.4, 0.5) is 0 Å². The maximum atomic E-state index is 13.0. The Morgan fingerprint density at radius 1 is 1.28 bits per heavy atom. The Kier molecular flexibility index (Phi) is 6.98. The van der Waals surface area contributed by atoms with Crippen LogP contribution < -0.4 is 5.32 Å². The second-order valence-electron chi connectivity index (χ2n) is 6.95. The van der Waals surface area contributed by atoms with E-state index in [-0.39, 0.29) is 24.8 Å². The summed E-state index contributed by atoms with van der Waals surface area (Å²) in [6.07, 6.45) is 0.220.